The quantitative estimate of drug-likeness (QED) is 0.786. The molecule has 0 radical (unpaired) electrons. The summed E-state index contributed by atoms with van der Waals surface area (Å²) in [7, 11) is 1.69. The van der Waals surface area contributed by atoms with E-state index in [0.717, 1.165) is 35.6 Å². The highest BCUT2D eigenvalue weighted by Gasteiger charge is 2.20. The highest BCUT2D eigenvalue weighted by Crippen LogP contribution is 2.27. The van der Waals surface area contributed by atoms with Crippen LogP contribution in [0.1, 0.15) is 24.4 Å². The van der Waals surface area contributed by atoms with Gasteiger partial charge in [0.25, 0.3) is 0 Å². The number of furan rings is 1. The summed E-state index contributed by atoms with van der Waals surface area (Å²) in [6, 6.07) is 12.9. The Bertz CT molecular complexity index is 563. The van der Waals surface area contributed by atoms with Crippen molar-refractivity contribution >= 4 is 11.8 Å². The molecule has 2 aromatic rings. The number of methoxy groups -OCH3 is 1. The Kier molecular flexibility index (Phi) is 4.33. The smallest absolute Gasteiger partial charge is 0.119 e. The molecule has 4 heteroatoms. The Morgan fingerprint density at radius 2 is 2.10 bits per heavy atom. The molecule has 106 valence electrons. The van der Waals surface area contributed by atoms with E-state index in [1.54, 1.807) is 18.9 Å². The van der Waals surface area contributed by atoms with Crippen LogP contribution in [-0.2, 0) is 12.3 Å². The second kappa shape index (κ2) is 6.37. The van der Waals surface area contributed by atoms with Crippen LogP contribution in [0.5, 0.6) is 5.75 Å². The van der Waals surface area contributed by atoms with Crippen LogP contribution >= 0.6 is 11.8 Å². The first-order valence-corrected chi connectivity index (χ1v) is 7.90. The van der Waals surface area contributed by atoms with E-state index >= 15 is 0 Å². The first-order valence-electron chi connectivity index (χ1n) is 6.91. The van der Waals surface area contributed by atoms with E-state index in [4.69, 9.17) is 9.15 Å². The van der Waals surface area contributed by atoms with Crippen molar-refractivity contribution in [3.05, 3.63) is 47.9 Å². The molecule has 0 spiro atoms. The van der Waals surface area contributed by atoms with E-state index < -0.39 is 0 Å². The molecule has 1 aliphatic carbocycles. The van der Waals surface area contributed by atoms with Crippen molar-refractivity contribution < 1.29 is 9.15 Å². The second-order valence-electron chi connectivity index (χ2n) is 4.99. The van der Waals surface area contributed by atoms with Gasteiger partial charge in [-0.05, 0) is 43.2 Å². The fourth-order valence-corrected chi connectivity index (χ4v) is 2.81. The molecule has 3 rings (SSSR count). The first-order chi connectivity index (χ1) is 9.83. The maximum Gasteiger partial charge on any atom is 0.119 e. The van der Waals surface area contributed by atoms with E-state index in [1.807, 2.05) is 18.2 Å². The lowest BCUT2D eigenvalue weighted by molar-refractivity contribution is 0.413. The summed E-state index contributed by atoms with van der Waals surface area (Å²) in [5.41, 5.74) is 0. The molecule has 1 aliphatic rings. The van der Waals surface area contributed by atoms with Crippen LogP contribution < -0.4 is 10.1 Å². The average Bonchev–Trinajstić information content (AvgIpc) is 3.21. The number of benzene rings is 1. The number of rotatable bonds is 7. The van der Waals surface area contributed by atoms with E-state index in [9.17, 15) is 0 Å². The second-order valence-corrected chi connectivity index (χ2v) is 6.04. The van der Waals surface area contributed by atoms with Gasteiger partial charge in [-0.15, -0.1) is 11.8 Å². The predicted octanol–water partition coefficient (Wildman–Crippen LogP) is 3.83. The lowest BCUT2D eigenvalue weighted by atomic mass is 10.3. The number of ether oxygens (including phenoxy) is 1. The highest BCUT2D eigenvalue weighted by atomic mass is 32.2. The van der Waals surface area contributed by atoms with Crippen molar-refractivity contribution in [2.75, 3.05) is 7.11 Å². The van der Waals surface area contributed by atoms with Crippen molar-refractivity contribution in [2.24, 2.45) is 0 Å². The molecule has 0 saturated heterocycles. The molecular formula is C16H19NO2S. The van der Waals surface area contributed by atoms with Gasteiger partial charge in [0, 0.05) is 10.9 Å². The lowest BCUT2D eigenvalue weighted by Gasteiger charge is -2.03. The van der Waals surface area contributed by atoms with Gasteiger partial charge in [-0.2, -0.15) is 0 Å². The standard InChI is InChI=1S/C16H19NO2S/c1-18-13-3-2-4-16(9-13)20-11-15-8-7-14(19-15)10-17-12-5-6-12/h2-4,7-9,12,17H,5-6,10-11H2,1H3. The van der Waals surface area contributed by atoms with E-state index in [1.165, 1.54) is 17.7 Å². The zero-order valence-electron chi connectivity index (χ0n) is 11.6. The molecule has 20 heavy (non-hydrogen) atoms. The molecule has 0 unspecified atom stereocenters. The molecule has 0 amide bonds. The fraction of sp³-hybridized carbons (Fsp3) is 0.375. The highest BCUT2D eigenvalue weighted by molar-refractivity contribution is 7.98. The van der Waals surface area contributed by atoms with Crippen LogP contribution in [0, 0.1) is 0 Å². The van der Waals surface area contributed by atoms with Crippen LogP contribution in [0.3, 0.4) is 0 Å². The summed E-state index contributed by atoms with van der Waals surface area (Å²) in [5.74, 6) is 3.78. The Balaban J connectivity index is 1.51. The topological polar surface area (TPSA) is 34.4 Å². The number of hydrogen-bond acceptors (Lipinski definition) is 4. The Morgan fingerprint density at radius 3 is 2.90 bits per heavy atom. The average molecular weight is 289 g/mol. The van der Waals surface area contributed by atoms with Gasteiger partial charge in [0.15, 0.2) is 0 Å². The number of nitrogens with one attached hydrogen (secondary N) is 1. The molecule has 0 bridgehead atoms. The van der Waals surface area contributed by atoms with Crippen molar-refractivity contribution in [2.45, 2.75) is 36.1 Å². The van der Waals surface area contributed by atoms with Crippen LogP contribution in [0.4, 0.5) is 0 Å². The van der Waals surface area contributed by atoms with Gasteiger partial charge in [0.05, 0.1) is 19.4 Å². The predicted molar refractivity (Wildman–Crippen MR) is 81.1 cm³/mol. The molecule has 1 N–H and O–H groups in total. The normalized spacial score (nSPS) is 14.4. The van der Waals surface area contributed by atoms with Crippen LogP contribution in [0.15, 0.2) is 45.7 Å². The molecule has 1 aromatic heterocycles. The van der Waals surface area contributed by atoms with Gasteiger partial charge in [-0.25, -0.2) is 0 Å². The Labute approximate surface area is 123 Å². The largest absolute Gasteiger partial charge is 0.497 e. The minimum absolute atomic E-state index is 0.717. The molecular weight excluding hydrogens is 270 g/mol. The van der Waals surface area contributed by atoms with Crippen LogP contribution in [0.25, 0.3) is 0 Å². The molecule has 0 atom stereocenters. The zero-order chi connectivity index (χ0) is 13.8. The van der Waals surface area contributed by atoms with Crippen molar-refractivity contribution in [1.29, 1.82) is 0 Å². The molecule has 1 heterocycles. The van der Waals surface area contributed by atoms with Gasteiger partial charge in [-0.1, -0.05) is 6.07 Å². The van der Waals surface area contributed by atoms with Crippen molar-refractivity contribution in [1.82, 2.24) is 5.32 Å². The Hall–Kier alpha value is -1.39. The summed E-state index contributed by atoms with van der Waals surface area (Å²) < 4.78 is 11.1. The molecule has 1 saturated carbocycles. The fourth-order valence-electron chi connectivity index (χ4n) is 1.97. The SMILES string of the molecule is COc1cccc(SCc2ccc(CNC3CC3)o2)c1. The molecule has 1 fully saturated rings. The maximum absolute atomic E-state index is 5.83. The maximum atomic E-state index is 5.83. The van der Waals surface area contributed by atoms with E-state index in [2.05, 4.69) is 23.5 Å². The third kappa shape index (κ3) is 3.81. The van der Waals surface area contributed by atoms with E-state index in [0.29, 0.717) is 0 Å². The third-order valence-corrected chi connectivity index (χ3v) is 4.30. The van der Waals surface area contributed by atoms with Crippen molar-refractivity contribution in [3.8, 4) is 5.75 Å². The first kappa shape index (κ1) is 13.6. The van der Waals surface area contributed by atoms with Gasteiger partial charge in [0.2, 0.25) is 0 Å². The minimum Gasteiger partial charge on any atom is -0.497 e. The minimum atomic E-state index is 0.717. The summed E-state index contributed by atoms with van der Waals surface area (Å²) in [5, 5.41) is 3.46. The van der Waals surface area contributed by atoms with Gasteiger partial charge in [-0.3, -0.25) is 0 Å². The zero-order valence-corrected chi connectivity index (χ0v) is 12.4. The van der Waals surface area contributed by atoms with Crippen molar-refractivity contribution in [3.63, 3.8) is 0 Å². The van der Waals surface area contributed by atoms with Gasteiger partial charge >= 0.3 is 0 Å². The lowest BCUT2D eigenvalue weighted by Crippen LogP contribution is -2.14. The van der Waals surface area contributed by atoms with Gasteiger partial charge < -0.3 is 14.5 Å². The summed E-state index contributed by atoms with van der Waals surface area (Å²) in [4.78, 5) is 1.19. The van der Waals surface area contributed by atoms with Crippen LogP contribution in [-0.4, -0.2) is 13.2 Å². The summed E-state index contributed by atoms with van der Waals surface area (Å²) in [6.07, 6.45) is 2.61. The monoisotopic (exact) mass is 289 g/mol. The summed E-state index contributed by atoms with van der Waals surface area (Å²) in [6.45, 7) is 0.842. The van der Waals surface area contributed by atoms with E-state index in [-0.39, 0.29) is 0 Å². The Morgan fingerprint density at radius 1 is 1.25 bits per heavy atom. The van der Waals surface area contributed by atoms with Gasteiger partial charge in [0.1, 0.15) is 17.3 Å². The number of hydrogen-bond donors (Lipinski definition) is 1. The van der Waals surface area contributed by atoms with Crippen LogP contribution in [0.2, 0.25) is 0 Å². The molecule has 3 nitrogen and oxygen atoms in total. The third-order valence-electron chi connectivity index (χ3n) is 3.28. The molecule has 0 aliphatic heterocycles. The molecule has 1 aromatic carbocycles. The number of thioether (sulfide) groups is 1. The summed E-state index contributed by atoms with van der Waals surface area (Å²) >= 11 is 1.76.